The fourth-order valence-electron chi connectivity index (χ4n) is 2.74. The van der Waals surface area contributed by atoms with Crippen molar-refractivity contribution in [2.75, 3.05) is 0 Å². The highest BCUT2D eigenvalue weighted by Crippen LogP contribution is 2.21. The molecule has 5 N–H and O–H groups in total. The Hall–Kier alpha value is -2.46. The molecule has 0 spiro atoms. The van der Waals surface area contributed by atoms with Crippen molar-refractivity contribution in [2.45, 2.75) is 45.6 Å². The zero-order valence-corrected chi connectivity index (χ0v) is 15.1. The van der Waals surface area contributed by atoms with Crippen LogP contribution in [0.2, 0.25) is 0 Å². The molecule has 0 saturated heterocycles. The number of nitrogens with zero attached hydrogens (tertiary/aromatic N) is 1. The zero-order chi connectivity index (χ0) is 18.2. The number of aryl methyl sites for hydroxylation is 1. The lowest BCUT2D eigenvalue weighted by atomic mass is 10.0. The van der Waals surface area contributed by atoms with E-state index in [1.807, 2.05) is 37.3 Å². The third-order valence-electron chi connectivity index (χ3n) is 4.32. The lowest BCUT2D eigenvalue weighted by Gasteiger charge is -2.13. The molecular formula is C21H28N4. The first-order chi connectivity index (χ1) is 12.0. The number of para-hydroxylation sites is 1. The molecule has 0 radical (unpaired) electrons. The lowest BCUT2D eigenvalue weighted by molar-refractivity contribution is 0.794. The third-order valence-corrected chi connectivity index (χ3v) is 4.32. The second-order valence-electron chi connectivity index (χ2n) is 6.41. The molecule has 0 bridgehead atoms. The highest BCUT2D eigenvalue weighted by molar-refractivity contribution is 5.95. The van der Waals surface area contributed by atoms with Crippen LogP contribution >= 0.6 is 0 Å². The van der Waals surface area contributed by atoms with Crippen molar-refractivity contribution < 1.29 is 0 Å². The second kappa shape index (κ2) is 9.14. The Balaban J connectivity index is 2.14. The van der Waals surface area contributed by atoms with E-state index in [0.29, 0.717) is 6.42 Å². The summed E-state index contributed by atoms with van der Waals surface area (Å²) in [4.78, 5) is 4.79. The summed E-state index contributed by atoms with van der Waals surface area (Å²) < 4.78 is 0. The number of unbranched alkanes of at least 4 members (excludes halogenated alkanes) is 1. The molecule has 0 heterocycles. The van der Waals surface area contributed by atoms with E-state index in [4.69, 9.17) is 21.9 Å². The van der Waals surface area contributed by atoms with E-state index in [1.54, 1.807) is 0 Å². The highest BCUT2D eigenvalue weighted by Gasteiger charge is 2.10. The first-order valence-electron chi connectivity index (χ1n) is 8.83. The maximum Gasteiger partial charge on any atom is 0.122 e. The zero-order valence-electron chi connectivity index (χ0n) is 15.1. The predicted molar refractivity (Wildman–Crippen MR) is 107 cm³/mol. The number of amidine groups is 1. The minimum absolute atomic E-state index is 0.0747. The maximum atomic E-state index is 7.55. The third kappa shape index (κ3) is 5.54. The van der Waals surface area contributed by atoms with Crippen molar-refractivity contribution in [2.24, 2.45) is 16.5 Å². The quantitative estimate of drug-likeness (QED) is 0.503. The Morgan fingerprint density at radius 2 is 1.92 bits per heavy atom. The van der Waals surface area contributed by atoms with Gasteiger partial charge in [0, 0.05) is 17.3 Å². The van der Waals surface area contributed by atoms with E-state index in [-0.39, 0.29) is 11.9 Å². The number of nitrogen functional groups attached to an aromatic ring is 1. The van der Waals surface area contributed by atoms with E-state index in [9.17, 15) is 0 Å². The molecule has 0 fully saturated rings. The van der Waals surface area contributed by atoms with E-state index in [2.05, 4.69) is 25.1 Å². The molecule has 2 aromatic rings. The van der Waals surface area contributed by atoms with Crippen molar-refractivity contribution in [3.63, 3.8) is 0 Å². The van der Waals surface area contributed by atoms with Crippen LogP contribution in [0.4, 0.5) is 5.69 Å². The molecule has 4 nitrogen and oxygen atoms in total. The molecular weight excluding hydrogens is 308 g/mol. The Kier molecular flexibility index (Phi) is 6.90. The molecule has 0 amide bonds. The molecule has 0 aromatic heterocycles. The summed E-state index contributed by atoms with van der Waals surface area (Å²) >= 11 is 0. The number of hydrogen-bond acceptors (Lipinski definition) is 3. The summed E-state index contributed by atoms with van der Waals surface area (Å²) in [6.45, 7) is 4.18. The van der Waals surface area contributed by atoms with Crippen LogP contribution in [0.3, 0.4) is 0 Å². The van der Waals surface area contributed by atoms with Gasteiger partial charge in [0.15, 0.2) is 0 Å². The lowest BCUT2D eigenvalue weighted by Crippen LogP contribution is -2.30. The van der Waals surface area contributed by atoms with Gasteiger partial charge in [-0.25, -0.2) is 0 Å². The molecule has 2 aromatic carbocycles. The van der Waals surface area contributed by atoms with Gasteiger partial charge in [-0.1, -0.05) is 49.7 Å². The van der Waals surface area contributed by atoms with Crippen LogP contribution in [0.15, 0.2) is 53.5 Å². The minimum atomic E-state index is -0.165. The molecule has 1 unspecified atom stereocenters. The molecule has 1 atom stereocenters. The molecule has 0 aliphatic rings. The SMILES string of the molecule is CCCCc1ccccc1N=C(C)C(N)Cc1cccc(C(=N)N)c1. The van der Waals surface area contributed by atoms with Gasteiger partial charge in [-0.15, -0.1) is 0 Å². The molecule has 2 rings (SSSR count). The number of nitrogens with two attached hydrogens (primary N) is 2. The largest absolute Gasteiger partial charge is 0.384 e. The van der Waals surface area contributed by atoms with Crippen LogP contribution in [-0.2, 0) is 12.8 Å². The van der Waals surface area contributed by atoms with Crippen LogP contribution in [0.1, 0.15) is 43.4 Å². The first kappa shape index (κ1) is 18.9. The Morgan fingerprint density at radius 1 is 1.16 bits per heavy atom. The van der Waals surface area contributed by atoms with Gasteiger partial charge in [0.25, 0.3) is 0 Å². The van der Waals surface area contributed by atoms with E-state index in [1.165, 1.54) is 12.0 Å². The Labute approximate surface area is 150 Å². The van der Waals surface area contributed by atoms with Gasteiger partial charge in [-0.3, -0.25) is 10.4 Å². The molecule has 0 aliphatic carbocycles. The summed E-state index contributed by atoms with van der Waals surface area (Å²) in [5.74, 6) is 0.0747. The number of hydrogen-bond donors (Lipinski definition) is 3. The number of nitrogens with one attached hydrogen (secondary N) is 1. The van der Waals surface area contributed by atoms with Crippen LogP contribution in [0.25, 0.3) is 0 Å². The summed E-state index contributed by atoms with van der Waals surface area (Å²) in [6, 6.07) is 15.8. The maximum absolute atomic E-state index is 7.55. The monoisotopic (exact) mass is 336 g/mol. The van der Waals surface area contributed by atoms with Gasteiger partial charge in [0.05, 0.1) is 5.69 Å². The molecule has 0 aliphatic heterocycles. The van der Waals surface area contributed by atoms with E-state index in [0.717, 1.165) is 35.4 Å². The van der Waals surface area contributed by atoms with Gasteiger partial charge < -0.3 is 11.5 Å². The summed E-state index contributed by atoms with van der Waals surface area (Å²) in [7, 11) is 0. The van der Waals surface area contributed by atoms with E-state index < -0.39 is 0 Å². The fourth-order valence-corrected chi connectivity index (χ4v) is 2.74. The van der Waals surface area contributed by atoms with Crippen LogP contribution in [-0.4, -0.2) is 17.6 Å². The average Bonchev–Trinajstić information content (AvgIpc) is 2.61. The predicted octanol–water partition coefficient (Wildman–Crippen LogP) is 3.98. The first-order valence-corrected chi connectivity index (χ1v) is 8.83. The Morgan fingerprint density at radius 3 is 2.64 bits per heavy atom. The topological polar surface area (TPSA) is 88.2 Å². The van der Waals surface area contributed by atoms with Gasteiger partial charge in [-0.2, -0.15) is 0 Å². The Bertz CT molecular complexity index is 749. The van der Waals surface area contributed by atoms with Gasteiger partial charge in [-0.05, 0) is 49.4 Å². The molecule has 4 heteroatoms. The van der Waals surface area contributed by atoms with Crippen molar-refractivity contribution in [3.05, 3.63) is 65.2 Å². The molecule has 0 saturated carbocycles. The van der Waals surface area contributed by atoms with Crippen molar-refractivity contribution in [1.82, 2.24) is 0 Å². The normalized spacial score (nSPS) is 12.8. The minimum Gasteiger partial charge on any atom is -0.384 e. The van der Waals surface area contributed by atoms with Crippen molar-refractivity contribution in [1.29, 1.82) is 5.41 Å². The molecule has 132 valence electrons. The van der Waals surface area contributed by atoms with Crippen molar-refractivity contribution >= 4 is 17.2 Å². The van der Waals surface area contributed by atoms with Crippen molar-refractivity contribution in [3.8, 4) is 0 Å². The summed E-state index contributed by atoms with van der Waals surface area (Å²) in [5, 5.41) is 7.55. The van der Waals surface area contributed by atoms with Crippen LogP contribution in [0, 0.1) is 5.41 Å². The van der Waals surface area contributed by atoms with Gasteiger partial charge in [0.1, 0.15) is 5.84 Å². The second-order valence-corrected chi connectivity index (χ2v) is 6.41. The summed E-state index contributed by atoms with van der Waals surface area (Å²) in [6.07, 6.45) is 4.05. The molecule has 25 heavy (non-hydrogen) atoms. The number of rotatable bonds is 8. The van der Waals surface area contributed by atoms with E-state index >= 15 is 0 Å². The summed E-state index contributed by atoms with van der Waals surface area (Å²) in [5.41, 5.74) is 16.9. The number of benzene rings is 2. The number of aliphatic imine (C=N–C) groups is 1. The fraction of sp³-hybridized carbons (Fsp3) is 0.333. The van der Waals surface area contributed by atoms with Gasteiger partial charge >= 0.3 is 0 Å². The van der Waals surface area contributed by atoms with Gasteiger partial charge in [0.2, 0.25) is 0 Å². The highest BCUT2D eigenvalue weighted by atomic mass is 14.8. The van der Waals surface area contributed by atoms with Crippen LogP contribution in [0.5, 0.6) is 0 Å². The van der Waals surface area contributed by atoms with Crippen LogP contribution < -0.4 is 11.5 Å². The average molecular weight is 336 g/mol. The smallest absolute Gasteiger partial charge is 0.122 e. The standard InChI is InChI=1S/C21H28N4/c1-3-4-9-17-10-5-6-12-20(17)25-15(2)19(22)14-16-8-7-11-18(13-16)21(23)24/h5-8,10-13,19H,3-4,9,14,22H2,1-2H3,(H3,23,24).